The summed E-state index contributed by atoms with van der Waals surface area (Å²) < 4.78 is 5.39. The number of benzene rings is 1. The number of thioether (sulfide) groups is 1. The monoisotopic (exact) mass is 346 g/mol. The number of nitro groups is 1. The van der Waals surface area contributed by atoms with Gasteiger partial charge in [0.2, 0.25) is 5.82 Å². The lowest BCUT2D eigenvalue weighted by molar-refractivity contribution is -0.385. The van der Waals surface area contributed by atoms with E-state index in [1.54, 1.807) is 6.26 Å². The Morgan fingerprint density at radius 3 is 2.71 bits per heavy atom. The molecule has 0 bridgehead atoms. The first-order chi connectivity index (χ1) is 11.4. The molecule has 2 rings (SSSR count). The minimum atomic E-state index is -0.829. The number of anilines is 1. The van der Waals surface area contributed by atoms with Gasteiger partial charge < -0.3 is 16.2 Å². The van der Waals surface area contributed by atoms with Crippen LogP contribution in [0.15, 0.2) is 23.4 Å². The smallest absolute Gasteiger partial charge is 0.373 e. The largest absolute Gasteiger partial charge is 0.433 e. The summed E-state index contributed by atoms with van der Waals surface area (Å²) >= 11 is 1.10. The van der Waals surface area contributed by atoms with Gasteiger partial charge in [-0.05, 0) is 24.5 Å². The zero-order valence-electron chi connectivity index (χ0n) is 12.2. The van der Waals surface area contributed by atoms with E-state index in [4.69, 9.17) is 21.5 Å². The normalized spacial score (nSPS) is 10.0. The van der Waals surface area contributed by atoms with Crippen LogP contribution in [0, 0.1) is 21.4 Å². The van der Waals surface area contributed by atoms with Crippen LogP contribution in [0.5, 0.6) is 11.6 Å². The molecule has 1 amide bonds. The fraction of sp³-hybridized carbons (Fsp3) is 0.0769. The van der Waals surface area contributed by atoms with Gasteiger partial charge in [-0.25, -0.2) is 0 Å². The lowest BCUT2D eigenvalue weighted by Gasteiger charge is -2.10. The molecule has 1 aromatic heterocycles. The highest BCUT2D eigenvalue weighted by Crippen LogP contribution is 2.36. The molecule has 0 aliphatic carbocycles. The van der Waals surface area contributed by atoms with E-state index in [0.29, 0.717) is 0 Å². The summed E-state index contributed by atoms with van der Waals surface area (Å²) in [6.07, 6.45) is 1.65. The Morgan fingerprint density at radius 2 is 2.17 bits per heavy atom. The molecular weight excluding hydrogens is 336 g/mol. The Hall–Kier alpha value is -3.39. The summed E-state index contributed by atoms with van der Waals surface area (Å²) in [5.74, 6) is -1.81. The van der Waals surface area contributed by atoms with Crippen molar-refractivity contribution in [2.45, 2.75) is 5.16 Å². The van der Waals surface area contributed by atoms with Crippen molar-refractivity contribution in [3.8, 4) is 17.7 Å². The van der Waals surface area contributed by atoms with E-state index in [1.807, 2.05) is 6.07 Å². The molecule has 1 aromatic carbocycles. The third-order valence-corrected chi connectivity index (χ3v) is 3.35. The van der Waals surface area contributed by atoms with E-state index in [-0.39, 0.29) is 27.9 Å². The molecule has 24 heavy (non-hydrogen) atoms. The van der Waals surface area contributed by atoms with Gasteiger partial charge in [-0.1, -0.05) is 11.8 Å². The number of nitrogens with zero attached hydrogens (tertiary/aromatic N) is 4. The van der Waals surface area contributed by atoms with Gasteiger partial charge in [-0.15, -0.1) is 0 Å². The summed E-state index contributed by atoms with van der Waals surface area (Å²) in [6.45, 7) is 0. The Bertz CT molecular complexity index is 879. The maximum atomic E-state index is 11.5. The number of ether oxygens (including phenoxy) is 1. The van der Waals surface area contributed by atoms with E-state index < -0.39 is 22.4 Å². The minimum Gasteiger partial charge on any atom is -0.433 e. The predicted molar refractivity (Wildman–Crippen MR) is 84.6 cm³/mol. The van der Waals surface area contributed by atoms with Gasteiger partial charge in [0.1, 0.15) is 5.75 Å². The third-order valence-electron chi connectivity index (χ3n) is 2.81. The number of hydrogen-bond acceptors (Lipinski definition) is 9. The highest BCUT2D eigenvalue weighted by atomic mass is 32.2. The van der Waals surface area contributed by atoms with E-state index in [2.05, 4.69) is 9.97 Å². The lowest BCUT2D eigenvalue weighted by atomic mass is 10.1. The summed E-state index contributed by atoms with van der Waals surface area (Å²) in [5.41, 5.74) is 10.3. The number of aromatic nitrogens is 2. The second-order valence-corrected chi connectivity index (χ2v) is 5.07. The first-order valence-electron chi connectivity index (χ1n) is 6.25. The second kappa shape index (κ2) is 6.80. The molecule has 1 heterocycles. The van der Waals surface area contributed by atoms with Crippen molar-refractivity contribution in [1.82, 2.24) is 9.97 Å². The number of nitrogen functional groups attached to an aromatic ring is 1. The minimum absolute atomic E-state index is 0.0637. The molecule has 0 fully saturated rings. The zero-order valence-corrected chi connectivity index (χ0v) is 13.0. The Kier molecular flexibility index (Phi) is 4.81. The number of carbonyl (C=O) groups excluding carboxylic acids is 1. The molecule has 0 atom stereocenters. The number of primary amides is 1. The Morgan fingerprint density at radius 1 is 1.46 bits per heavy atom. The maximum absolute atomic E-state index is 11.5. The van der Waals surface area contributed by atoms with Crippen LogP contribution < -0.4 is 16.2 Å². The molecule has 10 nitrogen and oxygen atoms in total. The quantitative estimate of drug-likeness (QED) is 0.351. The highest BCUT2D eigenvalue weighted by Gasteiger charge is 2.26. The van der Waals surface area contributed by atoms with E-state index in [9.17, 15) is 14.9 Å². The summed E-state index contributed by atoms with van der Waals surface area (Å²) in [6, 6.07) is 5.73. The molecule has 0 aliphatic heterocycles. The molecule has 0 spiro atoms. The van der Waals surface area contributed by atoms with Gasteiger partial charge in [0.15, 0.2) is 5.16 Å². The van der Waals surface area contributed by atoms with Crippen LogP contribution in [0.1, 0.15) is 15.9 Å². The van der Waals surface area contributed by atoms with Gasteiger partial charge in [0, 0.05) is 0 Å². The zero-order chi connectivity index (χ0) is 17.9. The fourth-order valence-corrected chi connectivity index (χ4v) is 2.11. The molecule has 11 heteroatoms. The number of nitrogens with two attached hydrogens (primary N) is 2. The highest BCUT2D eigenvalue weighted by molar-refractivity contribution is 7.98. The lowest BCUT2D eigenvalue weighted by Crippen LogP contribution is -2.13. The van der Waals surface area contributed by atoms with Crippen LogP contribution in [0.4, 0.5) is 11.5 Å². The number of hydrogen-bond donors (Lipinski definition) is 2. The van der Waals surface area contributed by atoms with Gasteiger partial charge in [-0.3, -0.25) is 14.9 Å². The standard InChI is InChI=1S/C13H10N6O4S/c1-24-13-17-10(15)9(19(21)22)12(18-13)23-8-4-6(5-14)2-3-7(8)11(16)20/h2-4H,1H3,(H2,16,20)(H2,15,17,18). The van der Waals surface area contributed by atoms with Crippen molar-refractivity contribution in [2.75, 3.05) is 12.0 Å². The molecule has 0 aliphatic rings. The third kappa shape index (κ3) is 3.33. The predicted octanol–water partition coefficient (Wildman–Crippen LogP) is 1.45. The Balaban J connectivity index is 2.63. The van der Waals surface area contributed by atoms with E-state index in [1.165, 1.54) is 18.2 Å². The van der Waals surface area contributed by atoms with Crippen molar-refractivity contribution in [1.29, 1.82) is 5.26 Å². The molecule has 4 N–H and O–H groups in total. The van der Waals surface area contributed by atoms with Crippen molar-refractivity contribution in [3.63, 3.8) is 0 Å². The second-order valence-electron chi connectivity index (χ2n) is 4.30. The molecule has 0 radical (unpaired) electrons. The van der Waals surface area contributed by atoms with E-state index >= 15 is 0 Å². The molecular formula is C13H10N6O4S. The maximum Gasteiger partial charge on any atom is 0.373 e. The average molecular weight is 346 g/mol. The molecule has 0 saturated carbocycles. The summed E-state index contributed by atoms with van der Waals surface area (Å²) in [7, 11) is 0. The van der Waals surface area contributed by atoms with Gasteiger partial charge in [0.05, 0.1) is 22.1 Å². The van der Waals surface area contributed by atoms with Crippen molar-refractivity contribution >= 4 is 29.2 Å². The SMILES string of the molecule is CSc1nc(N)c([N+](=O)[O-])c(Oc2cc(C#N)ccc2C(N)=O)n1. The first kappa shape index (κ1) is 17.0. The fourth-order valence-electron chi connectivity index (χ4n) is 1.75. The first-order valence-corrected chi connectivity index (χ1v) is 7.47. The topological polar surface area (TPSA) is 171 Å². The van der Waals surface area contributed by atoms with Crippen LogP contribution in [-0.4, -0.2) is 27.1 Å². The summed E-state index contributed by atoms with van der Waals surface area (Å²) in [5, 5.41) is 20.3. The summed E-state index contributed by atoms with van der Waals surface area (Å²) in [4.78, 5) is 29.5. The molecule has 2 aromatic rings. The van der Waals surface area contributed by atoms with Crippen LogP contribution in [0.3, 0.4) is 0 Å². The Labute approximate surface area is 139 Å². The number of amides is 1. The molecule has 122 valence electrons. The van der Waals surface area contributed by atoms with Crippen LogP contribution in [-0.2, 0) is 0 Å². The van der Waals surface area contributed by atoms with Gasteiger partial charge in [0.25, 0.3) is 5.91 Å². The number of rotatable bonds is 5. The van der Waals surface area contributed by atoms with Crippen LogP contribution in [0.25, 0.3) is 0 Å². The van der Waals surface area contributed by atoms with E-state index in [0.717, 1.165) is 11.8 Å². The average Bonchev–Trinajstić information content (AvgIpc) is 2.53. The van der Waals surface area contributed by atoms with Crippen LogP contribution in [0.2, 0.25) is 0 Å². The van der Waals surface area contributed by atoms with Crippen molar-refractivity contribution < 1.29 is 14.5 Å². The molecule has 0 saturated heterocycles. The van der Waals surface area contributed by atoms with Gasteiger partial charge in [-0.2, -0.15) is 15.2 Å². The van der Waals surface area contributed by atoms with Crippen LogP contribution >= 0.6 is 11.8 Å². The van der Waals surface area contributed by atoms with Crippen molar-refractivity contribution in [2.24, 2.45) is 5.73 Å². The molecule has 0 unspecified atom stereocenters. The van der Waals surface area contributed by atoms with Crippen molar-refractivity contribution in [3.05, 3.63) is 39.4 Å². The number of nitriles is 1. The van der Waals surface area contributed by atoms with Gasteiger partial charge >= 0.3 is 11.6 Å². The number of carbonyl (C=O) groups is 1.